The van der Waals surface area contributed by atoms with Crippen LogP contribution in [0.4, 0.5) is 13.2 Å². The Morgan fingerprint density at radius 3 is 1.87 bits per heavy atom. The summed E-state index contributed by atoms with van der Waals surface area (Å²) in [5.41, 5.74) is -2.24. The molecular weight excluding hydrogens is 1200 g/mol. The number of amides is 11. The highest BCUT2D eigenvalue weighted by Gasteiger charge is 2.51. The molecule has 0 radical (unpaired) electrons. The van der Waals surface area contributed by atoms with Crippen molar-refractivity contribution in [1.82, 2.24) is 55.6 Å². The van der Waals surface area contributed by atoms with Crippen molar-refractivity contribution in [3.05, 3.63) is 34.3 Å². The van der Waals surface area contributed by atoms with Gasteiger partial charge in [0.1, 0.15) is 53.9 Å². The number of carbonyl (C=O) groups excluding carboxylic acids is 11. The van der Waals surface area contributed by atoms with E-state index in [0.717, 1.165) is 49.1 Å². The number of fused-ring (bicyclic) bond motifs is 2. The highest BCUT2D eigenvalue weighted by molar-refractivity contribution is 6.31. The zero-order valence-electron chi connectivity index (χ0n) is 54.9. The molecule has 6 fully saturated rings. The molecule has 0 bridgehead atoms. The number of likely N-dealkylation sites (N-methyl/N-ethyl adjacent to an activating group) is 5. The minimum Gasteiger partial charge on any atom is -0.351 e. The van der Waals surface area contributed by atoms with Gasteiger partial charge in [-0.15, -0.1) is 0 Å². The first-order valence-electron chi connectivity index (χ1n) is 32.8. The molecule has 11 amide bonds. The molecule has 3 heterocycles. The molecule has 9 atom stereocenters. The lowest BCUT2D eigenvalue weighted by atomic mass is 9.84. The highest BCUT2D eigenvalue weighted by atomic mass is 35.5. The van der Waals surface area contributed by atoms with Crippen LogP contribution < -0.4 is 21.3 Å². The number of alkyl halides is 3. The van der Waals surface area contributed by atoms with Crippen LogP contribution in [0, 0.1) is 23.7 Å². The predicted octanol–water partition coefficient (Wildman–Crippen LogP) is 5.06. The van der Waals surface area contributed by atoms with Crippen molar-refractivity contribution in [3.8, 4) is 0 Å². The topological polar surface area (TPSA) is 259 Å². The third-order valence-corrected chi connectivity index (χ3v) is 20.1. The van der Waals surface area contributed by atoms with Crippen LogP contribution in [0.25, 0.3) is 0 Å². The molecule has 3 saturated carbocycles. The summed E-state index contributed by atoms with van der Waals surface area (Å²) in [5, 5.41) is 11.1. The Kier molecular flexibility index (Phi) is 24.1. The molecule has 0 aromatic heterocycles. The summed E-state index contributed by atoms with van der Waals surface area (Å²) >= 11 is 6.12. The minimum atomic E-state index is -4.74. The summed E-state index contributed by atoms with van der Waals surface area (Å²) in [6, 6.07) is -6.50. The number of aryl methyl sites for hydroxylation is 1. The standard InChI is InChI=1S/C65H97ClF3N11O11/c1-37(2)32-49-55(83)72-53(43-23-24-43)62(90)75(8)40(6)58(86)80-31-27-48(80)61(89)77(10)50(35-41-18-13-12-14-19-41)60(88)74(7)36-51(81)71-46(26-22-42-21-25-44(45(66)34-42)65(67,68)69)59(87)79-30-17-20-47(79)56(84)73-64(28-15-16-29-64)63(91)78(11)54(38(3)4)57(85)70-39(5)33-52(82)76(49)9/h21,25,34,37-41,43,46-50,53-54H,12-20,22-24,26-33,35-36H2,1-11H3,(H,70,85)(H,71,81)(H,72,83)(H,73,84)/t39-,40+,46+,47+,48+,49+,50+,53+,54+/m1/s1. The molecule has 4 N–H and O–H groups in total. The van der Waals surface area contributed by atoms with Crippen LogP contribution in [-0.2, 0) is 65.3 Å². The molecule has 0 unspecified atom stereocenters. The van der Waals surface area contributed by atoms with Gasteiger partial charge in [0.2, 0.25) is 65.0 Å². The fraction of sp³-hybridized carbons (Fsp3) is 0.738. The maximum Gasteiger partial charge on any atom is 0.417 e. The number of halogens is 4. The van der Waals surface area contributed by atoms with Crippen molar-refractivity contribution in [3.63, 3.8) is 0 Å². The second-order valence-corrected chi connectivity index (χ2v) is 27.9. The summed E-state index contributed by atoms with van der Waals surface area (Å²) in [6.07, 6.45) is 3.27. The van der Waals surface area contributed by atoms with Gasteiger partial charge >= 0.3 is 6.18 Å². The average molecular weight is 1300 g/mol. The molecule has 3 saturated heterocycles. The van der Waals surface area contributed by atoms with Crippen molar-refractivity contribution in [2.75, 3.05) is 54.9 Å². The Morgan fingerprint density at radius 2 is 1.29 bits per heavy atom. The van der Waals surface area contributed by atoms with Crippen LogP contribution in [0.2, 0.25) is 5.02 Å². The molecule has 7 rings (SSSR count). The number of nitrogens with one attached hydrogen (secondary N) is 4. The molecule has 1 aromatic rings. The van der Waals surface area contributed by atoms with Gasteiger partial charge in [-0.25, -0.2) is 0 Å². The number of nitrogens with zero attached hydrogens (tertiary/aromatic N) is 7. The normalized spacial score (nSPS) is 28.7. The van der Waals surface area contributed by atoms with Crippen LogP contribution in [0.15, 0.2) is 18.2 Å². The van der Waals surface area contributed by atoms with Gasteiger partial charge in [-0.1, -0.05) is 90.3 Å². The molecule has 1 spiro atoms. The van der Waals surface area contributed by atoms with Gasteiger partial charge in [0, 0.05) is 60.8 Å². The first kappa shape index (κ1) is 71.9. The van der Waals surface area contributed by atoms with Gasteiger partial charge in [0.05, 0.1) is 17.1 Å². The van der Waals surface area contributed by atoms with E-state index in [4.69, 9.17) is 11.6 Å². The van der Waals surface area contributed by atoms with E-state index in [1.807, 2.05) is 13.8 Å². The van der Waals surface area contributed by atoms with Crippen molar-refractivity contribution < 1.29 is 65.9 Å². The van der Waals surface area contributed by atoms with Gasteiger partial charge in [0.25, 0.3) is 0 Å². The maximum absolute atomic E-state index is 15.0. The lowest BCUT2D eigenvalue weighted by Crippen LogP contribution is -2.65. The second-order valence-electron chi connectivity index (χ2n) is 27.5. The van der Waals surface area contributed by atoms with Crippen molar-refractivity contribution in [1.29, 1.82) is 0 Å². The van der Waals surface area contributed by atoms with Crippen molar-refractivity contribution in [2.24, 2.45) is 23.7 Å². The van der Waals surface area contributed by atoms with Crippen LogP contribution >= 0.6 is 11.6 Å². The summed E-state index contributed by atoms with van der Waals surface area (Å²) in [6.45, 7) is 10.1. The smallest absolute Gasteiger partial charge is 0.351 e. The van der Waals surface area contributed by atoms with Crippen LogP contribution in [0.1, 0.15) is 168 Å². The van der Waals surface area contributed by atoms with Crippen LogP contribution in [0.5, 0.6) is 0 Å². The Hall–Kier alpha value is -6.53. The average Bonchev–Trinajstić information content (AvgIpc) is 1.80. The molecular formula is C65H97ClF3N11O11. The largest absolute Gasteiger partial charge is 0.417 e. The molecule has 3 aliphatic heterocycles. The summed E-state index contributed by atoms with van der Waals surface area (Å²) in [4.78, 5) is 170. The lowest BCUT2D eigenvalue weighted by molar-refractivity contribution is -0.160. The van der Waals surface area contributed by atoms with Crippen molar-refractivity contribution in [2.45, 2.75) is 230 Å². The Labute approximate surface area is 538 Å². The third-order valence-electron chi connectivity index (χ3n) is 19.8. The zero-order chi connectivity index (χ0) is 67.1. The molecule has 22 nitrogen and oxygen atoms in total. The molecule has 506 valence electrons. The van der Waals surface area contributed by atoms with E-state index < -0.39 is 154 Å². The van der Waals surface area contributed by atoms with E-state index in [2.05, 4.69) is 21.3 Å². The van der Waals surface area contributed by atoms with Gasteiger partial charge in [-0.3, -0.25) is 52.7 Å². The zero-order valence-corrected chi connectivity index (χ0v) is 55.7. The Balaban J connectivity index is 1.22. The maximum atomic E-state index is 15.0. The van der Waals surface area contributed by atoms with E-state index in [9.17, 15) is 56.3 Å². The van der Waals surface area contributed by atoms with Crippen LogP contribution in [-0.4, -0.2) is 214 Å². The first-order valence-corrected chi connectivity index (χ1v) is 33.1. The minimum absolute atomic E-state index is 0.0438. The lowest BCUT2D eigenvalue weighted by Gasteiger charge is -2.45. The van der Waals surface area contributed by atoms with Gasteiger partial charge < -0.3 is 55.6 Å². The molecule has 6 aliphatic rings. The monoisotopic (exact) mass is 1300 g/mol. The fourth-order valence-electron chi connectivity index (χ4n) is 14.1. The van der Waals surface area contributed by atoms with Gasteiger partial charge in [0.15, 0.2) is 0 Å². The van der Waals surface area contributed by atoms with E-state index in [0.29, 0.717) is 37.7 Å². The van der Waals surface area contributed by atoms with E-state index in [-0.39, 0.29) is 88.6 Å². The fourth-order valence-corrected chi connectivity index (χ4v) is 14.4. The van der Waals surface area contributed by atoms with Gasteiger partial charge in [-0.05, 0) is 126 Å². The number of hydrogen-bond donors (Lipinski definition) is 4. The molecule has 1 aromatic carbocycles. The second kappa shape index (κ2) is 30.5. The van der Waals surface area contributed by atoms with Crippen LogP contribution in [0.3, 0.4) is 0 Å². The number of carbonyl (C=O) groups is 11. The predicted molar refractivity (Wildman–Crippen MR) is 333 cm³/mol. The molecule has 3 aliphatic carbocycles. The molecule has 91 heavy (non-hydrogen) atoms. The Morgan fingerprint density at radius 1 is 0.637 bits per heavy atom. The van der Waals surface area contributed by atoms with Crippen molar-refractivity contribution >= 4 is 76.6 Å². The van der Waals surface area contributed by atoms with E-state index in [1.54, 1.807) is 27.7 Å². The summed E-state index contributed by atoms with van der Waals surface area (Å²) in [5.74, 6) is -7.20. The highest BCUT2D eigenvalue weighted by Crippen LogP contribution is 2.38. The van der Waals surface area contributed by atoms with E-state index in [1.165, 1.54) is 70.7 Å². The SMILES string of the molecule is CC(C)C[C@H]1C(=O)N[C@@H](C2CC2)C(=O)N(C)[C@@H](C)C(=O)N2CC[C@H]2C(=O)N(C)[C@@H](CC2CCCCC2)C(=O)N(C)CC(=O)N[C@@H](CCc2ccc(C(F)(F)F)c(Cl)c2)C(=O)N2CCC[C@H]2C(=O)NC2(CCCC2)C(=O)N(C)[C@@H](C(C)C)C(=O)N[C@H](C)CC(=O)N1C. The Bertz CT molecular complexity index is 2880. The third kappa shape index (κ3) is 17.2. The summed E-state index contributed by atoms with van der Waals surface area (Å²) < 4.78 is 41.3. The van der Waals surface area contributed by atoms with E-state index >= 15 is 9.59 Å². The summed E-state index contributed by atoms with van der Waals surface area (Å²) in [7, 11) is 7.32. The molecule has 26 heteroatoms. The number of benzene rings is 1. The number of rotatable bonds is 9. The number of hydrogen-bond acceptors (Lipinski definition) is 11. The van der Waals surface area contributed by atoms with Gasteiger partial charge in [-0.2, -0.15) is 13.2 Å². The first-order chi connectivity index (χ1) is 42.8. The quantitative estimate of drug-likeness (QED) is 0.254.